The van der Waals surface area contributed by atoms with Gasteiger partial charge in [0.05, 0.1) is 16.4 Å². The van der Waals surface area contributed by atoms with Gasteiger partial charge in [0.15, 0.2) is 0 Å². The van der Waals surface area contributed by atoms with E-state index in [1.165, 1.54) is 4.90 Å². The van der Waals surface area contributed by atoms with E-state index in [1.54, 1.807) is 23.6 Å². The van der Waals surface area contributed by atoms with Gasteiger partial charge in [-0.15, -0.1) is 11.3 Å². The Morgan fingerprint density at radius 3 is 2.61 bits per heavy atom. The smallest absolute Gasteiger partial charge is 0.323 e. The molecule has 0 saturated heterocycles. The molecule has 0 radical (unpaired) electrons. The fraction of sp³-hybridized carbons (Fsp3) is 0.0476. The van der Waals surface area contributed by atoms with E-state index in [9.17, 15) is 4.79 Å². The lowest BCUT2D eigenvalue weighted by atomic mass is 10.0. The molecule has 0 aliphatic heterocycles. The monoisotopic (exact) mass is 408 g/mol. The van der Waals surface area contributed by atoms with Crippen LogP contribution in [0.15, 0.2) is 60.1 Å². The number of aryl methyl sites for hydroxylation is 1. The van der Waals surface area contributed by atoms with Crippen molar-refractivity contribution in [3.05, 3.63) is 70.7 Å². The minimum absolute atomic E-state index is 0.465. The van der Waals surface area contributed by atoms with Crippen LogP contribution < -0.4 is 16.4 Å². The van der Waals surface area contributed by atoms with Gasteiger partial charge in [-0.1, -0.05) is 29.8 Å². The summed E-state index contributed by atoms with van der Waals surface area (Å²) in [4.78, 5) is 17.8. The highest BCUT2D eigenvalue weighted by atomic mass is 35.5. The van der Waals surface area contributed by atoms with Crippen molar-refractivity contribution in [3.63, 3.8) is 0 Å². The van der Waals surface area contributed by atoms with Crippen molar-refractivity contribution >= 4 is 56.2 Å². The molecule has 0 atom stereocenters. The topological polar surface area (TPSA) is 85.2 Å². The van der Waals surface area contributed by atoms with Crippen LogP contribution in [0, 0.1) is 6.92 Å². The molecule has 4 N–H and O–H groups in total. The van der Waals surface area contributed by atoms with Crippen molar-refractivity contribution in [1.29, 1.82) is 0 Å². The number of primary amides is 1. The van der Waals surface area contributed by atoms with Crippen LogP contribution in [0.5, 0.6) is 0 Å². The quantitative estimate of drug-likeness (QED) is 0.454. The molecule has 4 rings (SSSR count). The Kier molecular flexibility index (Phi) is 4.66. The lowest BCUT2D eigenvalue weighted by Gasteiger charge is -2.22. The summed E-state index contributed by atoms with van der Waals surface area (Å²) in [6.07, 6.45) is 1.69. The highest BCUT2D eigenvalue weighted by Gasteiger charge is 2.18. The number of hydrogen-bond donors (Lipinski definition) is 2. The first-order valence-electron chi connectivity index (χ1n) is 8.53. The van der Waals surface area contributed by atoms with Gasteiger partial charge in [-0.2, -0.15) is 0 Å². The van der Waals surface area contributed by atoms with E-state index in [-0.39, 0.29) is 0 Å². The van der Waals surface area contributed by atoms with Gasteiger partial charge < -0.3 is 11.5 Å². The molecule has 0 aliphatic carbocycles. The van der Waals surface area contributed by atoms with Gasteiger partial charge in [-0.05, 0) is 48.2 Å². The van der Waals surface area contributed by atoms with E-state index in [1.807, 2.05) is 54.8 Å². The SMILES string of the molecule is Cc1cccc(N(C(N)=O)c2ccc(-c3csc4ccnc(N)c34)c(Cl)c2)c1. The highest BCUT2D eigenvalue weighted by molar-refractivity contribution is 7.17. The fourth-order valence-electron chi connectivity index (χ4n) is 3.24. The van der Waals surface area contributed by atoms with Gasteiger partial charge in [0.1, 0.15) is 5.82 Å². The average molecular weight is 409 g/mol. The number of rotatable bonds is 3. The Morgan fingerprint density at radius 1 is 1.11 bits per heavy atom. The van der Waals surface area contributed by atoms with Crippen molar-refractivity contribution in [1.82, 2.24) is 4.98 Å². The number of amides is 2. The lowest BCUT2D eigenvalue weighted by Crippen LogP contribution is -2.31. The summed E-state index contributed by atoms with van der Waals surface area (Å²) in [5.74, 6) is 0.465. The number of pyridine rings is 1. The van der Waals surface area contributed by atoms with Gasteiger partial charge in [-0.25, -0.2) is 9.78 Å². The van der Waals surface area contributed by atoms with Crippen LogP contribution in [-0.2, 0) is 0 Å². The molecule has 2 heterocycles. The number of urea groups is 1. The Labute approximate surface area is 171 Å². The molecular weight excluding hydrogens is 392 g/mol. The molecule has 0 fully saturated rings. The Balaban J connectivity index is 1.82. The maximum Gasteiger partial charge on any atom is 0.323 e. The first kappa shape index (κ1) is 18.3. The number of nitrogen functional groups attached to an aromatic ring is 1. The number of benzene rings is 2. The third-order valence-corrected chi connectivity index (χ3v) is 5.76. The van der Waals surface area contributed by atoms with Crippen LogP contribution in [0.3, 0.4) is 0 Å². The van der Waals surface area contributed by atoms with Crippen molar-refractivity contribution < 1.29 is 4.79 Å². The first-order chi connectivity index (χ1) is 13.5. The third kappa shape index (κ3) is 3.17. The Morgan fingerprint density at radius 2 is 1.89 bits per heavy atom. The second kappa shape index (κ2) is 7.14. The van der Waals surface area contributed by atoms with E-state index >= 15 is 0 Å². The summed E-state index contributed by atoms with van der Waals surface area (Å²) >= 11 is 8.19. The standard InChI is InChI=1S/C21H17ClN4OS/c1-12-3-2-4-13(9-12)26(21(24)27)14-5-6-15(17(22)10-14)16-11-28-18-7-8-25-20(23)19(16)18/h2-11H,1H3,(H2,23,25)(H2,24,27). The molecule has 0 saturated carbocycles. The largest absolute Gasteiger partial charge is 0.383 e. The molecule has 2 aromatic carbocycles. The molecule has 0 spiro atoms. The van der Waals surface area contributed by atoms with Gasteiger partial charge in [0.25, 0.3) is 0 Å². The van der Waals surface area contributed by atoms with Gasteiger partial charge in [-0.3, -0.25) is 4.90 Å². The summed E-state index contributed by atoms with van der Waals surface area (Å²) in [6, 6.07) is 14.3. The van der Waals surface area contributed by atoms with Crippen molar-refractivity contribution in [2.45, 2.75) is 6.92 Å². The second-order valence-corrected chi connectivity index (χ2v) is 7.71. The highest BCUT2D eigenvalue weighted by Crippen LogP contribution is 2.41. The molecular formula is C21H17ClN4OS. The van der Waals surface area contributed by atoms with Crippen LogP contribution in [0.1, 0.15) is 5.56 Å². The Hall–Kier alpha value is -3.09. The summed E-state index contributed by atoms with van der Waals surface area (Å²) in [5.41, 5.74) is 15.8. The van der Waals surface area contributed by atoms with E-state index in [4.69, 9.17) is 23.1 Å². The average Bonchev–Trinajstić information content (AvgIpc) is 3.07. The second-order valence-electron chi connectivity index (χ2n) is 6.40. The van der Waals surface area contributed by atoms with E-state index in [0.29, 0.717) is 22.2 Å². The number of hydrogen-bond acceptors (Lipinski definition) is 4. The van der Waals surface area contributed by atoms with E-state index < -0.39 is 6.03 Å². The number of nitrogens with two attached hydrogens (primary N) is 2. The van der Waals surface area contributed by atoms with Gasteiger partial charge >= 0.3 is 6.03 Å². The molecule has 0 aliphatic rings. The third-order valence-electron chi connectivity index (χ3n) is 4.50. The molecule has 4 aromatic rings. The van der Waals surface area contributed by atoms with Crippen LogP contribution >= 0.6 is 22.9 Å². The predicted molar refractivity (Wildman–Crippen MR) is 117 cm³/mol. The van der Waals surface area contributed by atoms with Crippen molar-refractivity contribution in [2.75, 3.05) is 10.6 Å². The molecule has 28 heavy (non-hydrogen) atoms. The van der Waals surface area contributed by atoms with Crippen LogP contribution in [0.4, 0.5) is 22.0 Å². The summed E-state index contributed by atoms with van der Waals surface area (Å²) in [5, 5.41) is 3.39. The minimum atomic E-state index is -0.580. The van der Waals surface area contributed by atoms with Crippen molar-refractivity contribution in [3.8, 4) is 11.1 Å². The summed E-state index contributed by atoms with van der Waals surface area (Å²) in [6.45, 7) is 1.96. The molecule has 5 nitrogen and oxygen atoms in total. The summed E-state index contributed by atoms with van der Waals surface area (Å²) < 4.78 is 1.04. The fourth-order valence-corrected chi connectivity index (χ4v) is 4.48. The first-order valence-corrected chi connectivity index (χ1v) is 9.79. The zero-order valence-electron chi connectivity index (χ0n) is 15.0. The minimum Gasteiger partial charge on any atom is -0.383 e. The number of carbonyl (C=O) groups is 1. The summed E-state index contributed by atoms with van der Waals surface area (Å²) in [7, 11) is 0. The molecule has 140 valence electrons. The van der Waals surface area contributed by atoms with E-state index in [0.717, 1.165) is 26.8 Å². The normalized spacial score (nSPS) is 10.9. The van der Waals surface area contributed by atoms with Crippen molar-refractivity contribution in [2.24, 2.45) is 5.73 Å². The number of aromatic nitrogens is 1. The molecule has 0 bridgehead atoms. The number of carbonyl (C=O) groups excluding carboxylic acids is 1. The maximum absolute atomic E-state index is 12.1. The number of nitrogens with zero attached hydrogens (tertiary/aromatic N) is 2. The van der Waals surface area contributed by atoms with Gasteiger partial charge in [0.2, 0.25) is 0 Å². The van der Waals surface area contributed by atoms with Crippen LogP contribution in [0.25, 0.3) is 21.2 Å². The van der Waals surface area contributed by atoms with Crippen LogP contribution in [-0.4, -0.2) is 11.0 Å². The number of anilines is 3. The molecule has 0 unspecified atom stereocenters. The Bertz CT molecular complexity index is 1200. The maximum atomic E-state index is 12.1. The number of fused-ring (bicyclic) bond motifs is 1. The number of halogens is 1. The molecule has 2 aromatic heterocycles. The predicted octanol–water partition coefficient (Wildman–Crippen LogP) is 5.72. The van der Waals surface area contributed by atoms with Gasteiger partial charge in [0, 0.05) is 27.4 Å². The molecule has 2 amide bonds. The molecule has 7 heteroatoms. The zero-order chi connectivity index (χ0) is 19.8. The van der Waals surface area contributed by atoms with E-state index in [2.05, 4.69) is 4.98 Å². The lowest BCUT2D eigenvalue weighted by molar-refractivity contribution is 0.256. The van der Waals surface area contributed by atoms with Crippen LogP contribution in [0.2, 0.25) is 5.02 Å². The number of thiophene rings is 1. The zero-order valence-corrected chi connectivity index (χ0v) is 16.6.